The average molecular weight is 488 g/mol. The number of hydrogen-bond acceptors (Lipinski definition) is 9. The fraction of sp³-hybridized carbons (Fsp3) is 0.385. The molecule has 2 fully saturated rings. The number of hydrogen-bond donors (Lipinski definition) is 2. The first-order valence-electron chi connectivity index (χ1n) is 12.3. The molecule has 0 amide bonds. The zero-order chi connectivity index (χ0) is 24.3. The minimum absolute atomic E-state index is 0.166. The number of pyridine rings is 1. The van der Waals surface area contributed by atoms with Gasteiger partial charge < -0.3 is 29.4 Å². The van der Waals surface area contributed by atoms with E-state index in [2.05, 4.69) is 30.2 Å². The summed E-state index contributed by atoms with van der Waals surface area (Å²) in [5.74, 6) is 2.48. The number of rotatable bonds is 6. The molecule has 2 aliphatic rings. The van der Waals surface area contributed by atoms with Gasteiger partial charge in [0.15, 0.2) is 5.65 Å². The van der Waals surface area contributed by atoms with Crippen molar-refractivity contribution in [3.8, 4) is 28.4 Å². The lowest BCUT2D eigenvalue weighted by Gasteiger charge is -2.27. The summed E-state index contributed by atoms with van der Waals surface area (Å²) in [6, 6.07) is 10.1. The van der Waals surface area contributed by atoms with Crippen molar-refractivity contribution < 1.29 is 14.2 Å². The van der Waals surface area contributed by atoms with Gasteiger partial charge in [0, 0.05) is 50.3 Å². The van der Waals surface area contributed by atoms with E-state index in [0.717, 1.165) is 86.4 Å². The molecule has 3 aromatic heterocycles. The van der Waals surface area contributed by atoms with Gasteiger partial charge in [-0.3, -0.25) is 0 Å². The smallest absolute Gasteiger partial charge is 0.161 e. The van der Waals surface area contributed by atoms with Gasteiger partial charge in [0.05, 0.1) is 32.1 Å². The van der Waals surface area contributed by atoms with Gasteiger partial charge >= 0.3 is 0 Å². The van der Waals surface area contributed by atoms with Crippen LogP contribution in [0.25, 0.3) is 33.8 Å². The Kier molecular flexibility index (Phi) is 6.35. The SMILES string of the molecule is CNc1cc(-c2ncnc3[nH]c(-c4ccc(N5CCOCC5)nc4)nc23)ccc1OC1CCOCC1. The third-order valence-corrected chi connectivity index (χ3v) is 6.62. The Morgan fingerprint density at radius 2 is 1.78 bits per heavy atom. The Hall–Kier alpha value is -3.76. The van der Waals surface area contributed by atoms with Crippen molar-refractivity contribution in [2.24, 2.45) is 0 Å². The van der Waals surface area contributed by atoms with Crippen molar-refractivity contribution in [3.05, 3.63) is 42.9 Å². The average Bonchev–Trinajstić information content (AvgIpc) is 3.39. The summed E-state index contributed by atoms with van der Waals surface area (Å²) in [7, 11) is 1.89. The van der Waals surface area contributed by atoms with E-state index in [1.807, 2.05) is 43.6 Å². The summed E-state index contributed by atoms with van der Waals surface area (Å²) >= 11 is 0. The van der Waals surface area contributed by atoms with Crippen LogP contribution in [0.15, 0.2) is 42.9 Å². The number of nitrogens with zero attached hydrogens (tertiary/aromatic N) is 5. The number of morpholine rings is 1. The van der Waals surface area contributed by atoms with Gasteiger partial charge in [-0.15, -0.1) is 0 Å². The molecular formula is C26H29N7O3. The predicted octanol–water partition coefficient (Wildman–Crippen LogP) is 3.52. The summed E-state index contributed by atoms with van der Waals surface area (Å²) in [6.07, 6.45) is 5.37. The molecule has 0 aliphatic carbocycles. The minimum Gasteiger partial charge on any atom is -0.488 e. The fourth-order valence-electron chi connectivity index (χ4n) is 4.63. The maximum Gasteiger partial charge on any atom is 0.161 e. The first-order valence-corrected chi connectivity index (χ1v) is 12.3. The van der Waals surface area contributed by atoms with Crippen molar-refractivity contribution in [1.82, 2.24) is 24.9 Å². The molecule has 186 valence electrons. The van der Waals surface area contributed by atoms with E-state index in [1.54, 1.807) is 6.33 Å². The number of aromatic amines is 1. The van der Waals surface area contributed by atoms with E-state index in [9.17, 15) is 0 Å². The summed E-state index contributed by atoms with van der Waals surface area (Å²) in [5.41, 5.74) is 4.89. The van der Waals surface area contributed by atoms with Gasteiger partial charge in [-0.05, 0) is 30.3 Å². The molecule has 10 nitrogen and oxygen atoms in total. The topological polar surface area (TPSA) is 110 Å². The van der Waals surface area contributed by atoms with Crippen LogP contribution in [-0.2, 0) is 9.47 Å². The highest BCUT2D eigenvalue weighted by Gasteiger charge is 2.19. The van der Waals surface area contributed by atoms with Crippen LogP contribution in [0.3, 0.4) is 0 Å². The van der Waals surface area contributed by atoms with Crippen molar-refractivity contribution in [3.63, 3.8) is 0 Å². The Morgan fingerprint density at radius 3 is 2.56 bits per heavy atom. The second-order valence-corrected chi connectivity index (χ2v) is 8.90. The molecule has 0 atom stereocenters. The third kappa shape index (κ3) is 4.57. The van der Waals surface area contributed by atoms with E-state index < -0.39 is 0 Å². The zero-order valence-corrected chi connectivity index (χ0v) is 20.2. The molecule has 0 unspecified atom stereocenters. The van der Waals surface area contributed by atoms with Crippen LogP contribution in [0.2, 0.25) is 0 Å². The number of benzene rings is 1. The largest absolute Gasteiger partial charge is 0.488 e. The number of anilines is 2. The first kappa shape index (κ1) is 22.7. The van der Waals surface area contributed by atoms with Crippen molar-refractivity contribution in [2.45, 2.75) is 18.9 Å². The van der Waals surface area contributed by atoms with Crippen LogP contribution in [0.1, 0.15) is 12.8 Å². The molecule has 0 radical (unpaired) electrons. The van der Waals surface area contributed by atoms with E-state index in [-0.39, 0.29) is 6.10 Å². The van der Waals surface area contributed by atoms with Gasteiger partial charge in [0.25, 0.3) is 0 Å². The van der Waals surface area contributed by atoms with Crippen LogP contribution in [0, 0.1) is 0 Å². The number of ether oxygens (including phenoxy) is 3. The standard InChI is InChI=1S/C26H29N7O3/c1-27-20-14-17(2-4-21(20)36-19-6-10-34-11-7-19)23-24-26(30-16-29-23)32-25(31-24)18-3-5-22(28-15-18)33-8-12-35-13-9-33/h2-5,14-16,19,27H,6-13H2,1H3,(H,29,30,31,32). The molecular weight excluding hydrogens is 458 g/mol. The fourth-order valence-corrected chi connectivity index (χ4v) is 4.63. The van der Waals surface area contributed by atoms with Gasteiger partial charge in [-0.25, -0.2) is 19.9 Å². The third-order valence-electron chi connectivity index (χ3n) is 6.62. The highest BCUT2D eigenvalue weighted by Crippen LogP contribution is 2.34. The van der Waals surface area contributed by atoms with Crippen LogP contribution >= 0.6 is 0 Å². The molecule has 10 heteroatoms. The monoisotopic (exact) mass is 487 g/mol. The van der Waals surface area contributed by atoms with Gasteiger partial charge in [0.1, 0.15) is 41.0 Å². The maximum atomic E-state index is 6.26. The zero-order valence-electron chi connectivity index (χ0n) is 20.2. The Bertz CT molecular complexity index is 1330. The lowest BCUT2D eigenvalue weighted by Crippen LogP contribution is -2.36. The molecule has 2 aliphatic heterocycles. The molecule has 0 bridgehead atoms. The molecule has 36 heavy (non-hydrogen) atoms. The maximum absolute atomic E-state index is 6.26. The Balaban J connectivity index is 1.28. The lowest BCUT2D eigenvalue weighted by molar-refractivity contribution is 0.0258. The molecule has 1 aromatic carbocycles. The summed E-state index contributed by atoms with van der Waals surface area (Å²) in [6.45, 7) is 4.64. The second kappa shape index (κ2) is 10.1. The summed E-state index contributed by atoms with van der Waals surface area (Å²) in [4.78, 5) is 24.0. The summed E-state index contributed by atoms with van der Waals surface area (Å²) in [5, 5.41) is 3.26. The van der Waals surface area contributed by atoms with Crippen LogP contribution in [0.4, 0.5) is 11.5 Å². The number of nitrogens with one attached hydrogen (secondary N) is 2. The molecule has 4 aromatic rings. The minimum atomic E-state index is 0.166. The van der Waals surface area contributed by atoms with E-state index in [0.29, 0.717) is 17.0 Å². The Morgan fingerprint density at radius 1 is 0.972 bits per heavy atom. The highest BCUT2D eigenvalue weighted by molar-refractivity contribution is 5.90. The number of H-pyrrole nitrogens is 1. The number of aromatic nitrogens is 5. The van der Waals surface area contributed by atoms with Crippen molar-refractivity contribution in [2.75, 3.05) is 56.8 Å². The van der Waals surface area contributed by atoms with E-state index in [4.69, 9.17) is 19.2 Å². The summed E-state index contributed by atoms with van der Waals surface area (Å²) < 4.78 is 17.1. The second-order valence-electron chi connectivity index (χ2n) is 8.90. The first-order chi connectivity index (χ1) is 17.8. The highest BCUT2D eigenvalue weighted by atomic mass is 16.5. The molecule has 5 heterocycles. The van der Waals surface area contributed by atoms with E-state index in [1.165, 1.54) is 0 Å². The van der Waals surface area contributed by atoms with Crippen LogP contribution < -0.4 is 15.0 Å². The molecule has 0 saturated carbocycles. The van der Waals surface area contributed by atoms with E-state index >= 15 is 0 Å². The molecule has 2 saturated heterocycles. The molecule has 2 N–H and O–H groups in total. The molecule has 0 spiro atoms. The Labute approximate surface area is 209 Å². The van der Waals surface area contributed by atoms with Gasteiger partial charge in [0.2, 0.25) is 0 Å². The van der Waals surface area contributed by atoms with Gasteiger partial charge in [-0.2, -0.15) is 0 Å². The number of fused-ring (bicyclic) bond motifs is 1. The molecule has 6 rings (SSSR count). The predicted molar refractivity (Wildman–Crippen MR) is 137 cm³/mol. The number of imidazole rings is 1. The van der Waals surface area contributed by atoms with Crippen LogP contribution in [-0.4, -0.2) is 77.6 Å². The van der Waals surface area contributed by atoms with Crippen molar-refractivity contribution in [1.29, 1.82) is 0 Å². The van der Waals surface area contributed by atoms with Crippen molar-refractivity contribution >= 4 is 22.7 Å². The van der Waals surface area contributed by atoms with Crippen LogP contribution in [0.5, 0.6) is 5.75 Å². The lowest BCUT2D eigenvalue weighted by atomic mass is 10.1. The quantitative estimate of drug-likeness (QED) is 0.422. The normalized spacial score (nSPS) is 16.9. The van der Waals surface area contributed by atoms with Gasteiger partial charge in [-0.1, -0.05) is 0 Å².